The van der Waals surface area contributed by atoms with Crippen LogP contribution in [-0.4, -0.2) is 49.2 Å². The molecule has 0 saturated carbocycles. The van der Waals surface area contributed by atoms with Crippen LogP contribution in [0.2, 0.25) is 0 Å². The molecule has 0 rings (SSSR count). The van der Waals surface area contributed by atoms with Gasteiger partial charge < -0.3 is 5.11 Å². The highest BCUT2D eigenvalue weighted by molar-refractivity contribution is 7.89. The Balaban J connectivity index is 4.20. The SMILES string of the molecule is CC(O)CCN(C)S(=O)(=O)CC(C)CCl. The maximum absolute atomic E-state index is 11.7. The van der Waals surface area contributed by atoms with E-state index >= 15 is 0 Å². The second-order valence-corrected chi connectivity index (χ2v) is 6.43. The number of halogens is 1. The minimum atomic E-state index is -3.23. The fraction of sp³-hybridized carbons (Fsp3) is 1.00. The number of rotatable bonds is 7. The Kier molecular flexibility index (Phi) is 6.75. The first-order valence-corrected chi connectivity index (χ1v) is 7.12. The van der Waals surface area contributed by atoms with Gasteiger partial charge in [0.15, 0.2) is 0 Å². The lowest BCUT2D eigenvalue weighted by molar-refractivity contribution is 0.177. The third-order valence-electron chi connectivity index (χ3n) is 2.10. The molecular weight excluding hydrogens is 238 g/mol. The van der Waals surface area contributed by atoms with Crippen molar-refractivity contribution >= 4 is 21.6 Å². The fourth-order valence-electron chi connectivity index (χ4n) is 1.04. The molecule has 92 valence electrons. The van der Waals surface area contributed by atoms with E-state index in [1.807, 2.05) is 0 Å². The molecule has 0 radical (unpaired) electrons. The van der Waals surface area contributed by atoms with E-state index in [9.17, 15) is 8.42 Å². The van der Waals surface area contributed by atoms with Crippen molar-refractivity contribution in [2.75, 3.05) is 25.2 Å². The van der Waals surface area contributed by atoms with Crippen molar-refractivity contribution in [3.05, 3.63) is 0 Å². The minimum absolute atomic E-state index is 0.0503. The van der Waals surface area contributed by atoms with E-state index in [1.54, 1.807) is 13.8 Å². The molecule has 15 heavy (non-hydrogen) atoms. The van der Waals surface area contributed by atoms with Gasteiger partial charge in [-0.25, -0.2) is 12.7 Å². The summed E-state index contributed by atoms with van der Waals surface area (Å²) in [4.78, 5) is 0. The number of aliphatic hydroxyl groups is 1. The van der Waals surface area contributed by atoms with Gasteiger partial charge in [-0.05, 0) is 19.3 Å². The summed E-state index contributed by atoms with van der Waals surface area (Å²) in [5, 5.41) is 9.05. The maximum Gasteiger partial charge on any atom is 0.214 e. The van der Waals surface area contributed by atoms with Gasteiger partial charge in [-0.3, -0.25) is 0 Å². The quantitative estimate of drug-likeness (QED) is 0.690. The molecule has 0 saturated heterocycles. The van der Waals surface area contributed by atoms with Gasteiger partial charge in [0.25, 0.3) is 0 Å². The van der Waals surface area contributed by atoms with Crippen LogP contribution in [0.3, 0.4) is 0 Å². The zero-order chi connectivity index (χ0) is 12.1. The predicted octanol–water partition coefficient (Wildman–Crippen LogP) is 0.894. The van der Waals surface area contributed by atoms with E-state index in [0.717, 1.165) is 0 Å². The van der Waals surface area contributed by atoms with Crippen LogP contribution in [0.25, 0.3) is 0 Å². The number of hydrogen-bond donors (Lipinski definition) is 1. The Hall–Kier alpha value is 0.160. The van der Waals surface area contributed by atoms with Crippen molar-refractivity contribution in [1.82, 2.24) is 4.31 Å². The molecule has 6 heteroatoms. The van der Waals surface area contributed by atoms with Crippen molar-refractivity contribution in [3.63, 3.8) is 0 Å². The summed E-state index contributed by atoms with van der Waals surface area (Å²) in [6, 6.07) is 0. The number of nitrogens with zero attached hydrogens (tertiary/aromatic N) is 1. The van der Waals surface area contributed by atoms with Gasteiger partial charge in [-0.2, -0.15) is 0 Å². The second kappa shape index (κ2) is 6.68. The average molecular weight is 258 g/mol. The molecule has 2 unspecified atom stereocenters. The van der Waals surface area contributed by atoms with Gasteiger partial charge in [0, 0.05) is 19.5 Å². The highest BCUT2D eigenvalue weighted by Gasteiger charge is 2.20. The van der Waals surface area contributed by atoms with Crippen LogP contribution < -0.4 is 0 Å². The zero-order valence-corrected chi connectivity index (χ0v) is 11.1. The Morgan fingerprint density at radius 3 is 2.33 bits per heavy atom. The molecule has 0 aliphatic rings. The van der Waals surface area contributed by atoms with Crippen LogP contribution >= 0.6 is 11.6 Å². The van der Waals surface area contributed by atoms with Crippen LogP contribution in [0.1, 0.15) is 20.3 Å². The normalized spacial score (nSPS) is 16.7. The topological polar surface area (TPSA) is 57.6 Å². The zero-order valence-electron chi connectivity index (χ0n) is 9.48. The van der Waals surface area contributed by atoms with Gasteiger partial charge in [0.05, 0.1) is 11.9 Å². The van der Waals surface area contributed by atoms with Gasteiger partial charge in [-0.1, -0.05) is 6.92 Å². The van der Waals surface area contributed by atoms with Crippen LogP contribution in [0.15, 0.2) is 0 Å². The summed E-state index contributed by atoms with van der Waals surface area (Å²) in [5.74, 6) is 0.349. The lowest BCUT2D eigenvalue weighted by atomic mass is 10.3. The van der Waals surface area contributed by atoms with Gasteiger partial charge in [0.2, 0.25) is 10.0 Å². The van der Waals surface area contributed by atoms with Gasteiger partial charge in [-0.15, -0.1) is 11.6 Å². The number of hydrogen-bond acceptors (Lipinski definition) is 3. The van der Waals surface area contributed by atoms with Gasteiger partial charge >= 0.3 is 0 Å². The molecular formula is C9H20ClNO3S. The minimum Gasteiger partial charge on any atom is -0.393 e. The highest BCUT2D eigenvalue weighted by Crippen LogP contribution is 2.08. The van der Waals surface area contributed by atoms with Crippen molar-refractivity contribution in [3.8, 4) is 0 Å². The molecule has 0 fully saturated rings. The lowest BCUT2D eigenvalue weighted by Gasteiger charge is -2.19. The van der Waals surface area contributed by atoms with Crippen LogP contribution in [0, 0.1) is 5.92 Å². The van der Waals surface area contributed by atoms with Crippen molar-refractivity contribution in [1.29, 1.82) is 0 Å². The molecule has 1 N–H and O–H groups in total. The standard InChI is InChI=1S/C9H20ClNO3S/c1-8(6-10)7-15(13,14)11(3)5-4-9(2)12/h8-9,12H,4-7H2,1-3H3. The highest BCUT2D eigenvalue weighted by atomic mass is 35.5. The van der Waals surface area contributed by atoms with Crippen molar-refractivity contribution in [2.45, 2.75) is 26.4 Å². The third-order valence-corrected chi connectivity index (χ3v) is 4.74. The molecule has 0 spiro atoms. The molecule has 0 aromatic carbocycles. The summed E-state index contributed by atoms with van der Waals surface area (Å²) in [6.07, 6.45) is -0.0292. The summed E-state index contributed by atoms with van der Waals surface area (Å²) >= 11 is 5.57. The van der Waals surface area contributed by atoms with Crippen molar-refractivity contribution < 1.29 is 13.5 Å². The summed E-state index contributed by atoms with van der Waals surface area (Å²) in [5.41, 5.74) is 0. The molecule has 0 aromatic rings. The Morgan fingerprint density at radius 2 is 1.93 bits per heavy atom. The summed E-state index contributed by atoms with van der Waals surface area (Å²) < 4.78 is 24.7. The van der Waals surface area contributed by atoms with E-state index in [2.05, 4.69) is 0 Å². The summed E-state index contributed by atoms with van der Waals surface area (Å²) in [6.45, 7) is 3.78. The van der Waals surface area contributed by atoms with Gasteiger partial charge in [0.1, 0.15) is 0 Å². The van der Waals surface area contributed by atoms with Crippen molar-refractivity contribution in [2.24, 2.45) is 5.92 Å². The van der Waals surface area contributed by atoms with E-state index in [-0.39, 0.29) is 11.7 Å². The number of alkyl halides is 1. The first-order valence-electron chi connectivity index (χ1n) is 4.97. The molecule has 0 aliphatic heterocycles. The Bertz CT molecular complexity index is 267. The average Bonchev–Trinajstić information content (AvgIpc) is 2.13. The van der Waals surface area contributed by atoms with E-state index in [0.29, 0.717) is 18.8 Å². The smallest absolute Gasteiger partial charge is 0.214 e. The number of sulfonamides is 1. The van der Waals surface area contributed by atoms with Crippen LogP contribution in [0.4, 0.5) is 0 Å². The first-order chi connectivity index (χ1) is 6.79. The lowest BCUT2D eigenvalue weighted by Crippen LogP contribution is -2.33. The molecule has 0 aliphatic carbocycles. The van der Waals surface area contributed by atoms with Crippen LogP contribution in [0.5, 0.6) is 0 Å². The number of aliphatic hydroxyl groups excluding tert-OH is 1. The monoisotopic (exact) mass is 257 g/mol. The second-order valence-electron chi connectivity index (χ2n) is 4.00. The third kappa shape index (κ3) is 6.35. The molecule has 0 amide bonds. The fourth-order valence-corrected chi connectivity index (χ4v) is 2.75. The molecule has 4 nitrogen and oxygen atoms in total. The summed E-state index contributed by atoms with van der Waals surface area (Å²) in [7, 11) is -1.70. The molecule has 2 atom stereocenters. The van der Waals surface area contributed by atoms with E-state index in [4.69, 9.17) is 16.7 Å². The van der Waals surface area contributed by atoms with Crippen LogP contribution in [-0.2, 0) is 10.0 Å². The molecule has 0 bridgehead atoms. The first kappa shape index (κ1) is 15.2. The Morgan fingerprint density at radius 1 is 1.40 bits per heavy atom. The predicted molar refractivity (Wildman–Crippen MR) is 62.6 cm³/mol. The molecule has 0 aromatic heterocycles. The largest absolute Gasteiger partial charge is 0.393 e. The maximum atomic E-state index is 11.7. The Labute approximate surface area is 97.3 Å². The van der Waals surface area contributed by atoms with E-state index < -0.39 is 16.1 Å². The van der Waals surface area contributed by atoms with E-state index in [1.165, 1.54) is 11.4 Å². The molecule has 0 heterocycles.